The topological polar surface area (TPSA) is 91.2 Å². The molecular formula is C20H20N4O3. The molecule has 138 valence electrons. The van der Waals surface area contributed by atoms with Gasteiger partial charge in [-0.2, -0.15) is 5.10 Å². The van der Waals surface area contributed by atoms with Gasteiger partial charge in [-0.3, -0.25) is 14.7 Å². The molecule has 0 bridgehead atoms. The molecule has 1 atom stereocenters. The number of likely N-dealkylation sites (tertiary alicyclic amines) is 1. The van der Waals surface area contributed by atoms with Gasteiger partial charge in [0.2, 0.25) is 0 Å². The van der Waals surface area contributed by atoms with Crippen molar-refractivity contribution in [3.63, 3.8) is 0 Å². The van der Waals surface area contributed by atoms with Gasteiger partial charge in [0.25, 0.3) is 11.8 Å². The van der Waals surface area contributed by atoms with E-state index in [-0.39, 0.29) is 17.9 Å². The Bertz CT molecular complexity index is 919. The van der Waals surface area contributed by atoms with E-state index in [2.05, 4.69) is 15.5 Å². The van der Waals surface area contributed by atoms with Gasteiger partial charge in [0, 0.05) is 36.5 Å². The first-order valence-electron chi connectivity index (χ1n) is 8.93. The molecule has 1 unspecified atom stereocenters. The molecule has 4 rings (SSSR count). The van der Waals surface area contributed by atoms with E-state index in [1.54, 1.807) is 35.5 Å². The van der Waals surface area contributed by atoms with E-state index in [4.69, 9.17) is 4.42 Å². The first-order valence-corrected chi connectivity index (χ1v) is 8.93. The summed E-state index contributed by atoms with van der Waals surface area (Å²) in [6.07, 6.45) is 6.68. The van der Waals surface area contributed by atoms with Gasteiger partial charge in [-0.1, -0.05) is 12.1 Å². The predicted molar refractivity (Wildman–Crippen MR) is 99.1 cm³/mol. The third kappa shape index (κ3) is 3.76. The molecule has 2 N–H and O–H groups in total. The Balaban J connectivity index is 1.42. The number of hydrogen-bond donors (Lipinski definition) is 2. The maximum Gasteiger partial charge on any atom is 0.289 e. The molecule has 7 nitrogen and oxygen atoms in total. The highest BCUT2D eigenvalue weighted by Gasteiger charge is 2.27. The second-order valence-electron chi connectivity index (χ2n) is 6.61. The maximum atomic E-state index is 12.7. The number of furan rings is 1. The van der Waals surface area contributed by atoms with Crippen molar-refractivity contribution in [3.8, 4) is 11.1 Å². The quantitative estimate of drug-likeness (QED) is 0.745. The summed E-state index contributed by atoms with van der Waals surface area (Å²) in [6, 6.07) is 10.7. The number of carbonyl (C=O) groups is 2. The average molecular weight is 364 g/mol. The number of nitrogens with zero attached hydrogens (tertiary/aromatic N) is 2. The third-order valence-corrected chi connectivity index (χ3v) is 4.73. The van der Waals surface area contributed by atoms with Crippen LogP contribution in [-0.2, 0) is 0 Å². The molecule has 3 aromatic rings. The summed E-state index contributed by atoms with van der Waals surface area (Å²) in [6.45, 7) is 1.15. The molecule has 1 aliphatic heterocycles. The van der Waals surface area contributed by atoms with E-state index >= 15 is 0 Å². The molecule has 1 aliphatic rings. The number of rotatable bonds is 4. The molecule has 1 fully saturated rings. The summed E-state index contributed by atoms with van der Waals surface area (Å²) in [5.74, 6) is 0.0494. The van der Waals surface area contributed by atoms with Gasteiger partial charge in [0.1, 0.15) is 0 Å². The smallest absolute Gasteiger partial charge is 0.289 e. The van der Waals surface area contributed by atoms with Gasteiger partial charge >= 0.3 is 0 Å². The van der Waals surface area contributed by atoms with Crippen molar-refractivity contribution in [2.75, 3.05) is 13.1 Å². The fourth-order valence-corrected chi connectivity index (χ4v) is 3.35. The van der Waals surface area contributed by atoms with Crippen molar-refractivity contribution < 1.29 is 14.0 Å². The van der Waals surface area contributed by atoms with E-state index in [1.165, 1.54) is 6.26 Å². The predicted octanol–water partition coefficient (Wildman–Crippen LogP) is 2.70. The van der Waals surface area contributed by atoms with Crippen molar-refractivity contribution in [2.45, 2.75) is 18.9 Å². The van der Waals surface area contributed by atoms with Gasteiger partial charge in [-0.25, -0.2) is 0 Å². The number of amides is 2. The molecule has 7 heteroatoms. The normalized spacial score (nSPS) is 16.9. The third-order valence-electron chi connectivity index (χ3n) is 4.73. The van der Waals surface area contributed by atoms with Crippen LogP contribution in [0.1, 0.15) is 33.8 Å². The van der Waals surface area contributed by atoms with Crippen LogP contribution in [-0.4, -0.2) is 46.0 Å². The number of aromatic amines is 1. The fraction of sp³-hybridized carbons (Fsp3) is 0.250. The zero-order chi connectivity index (χ0) is 18.6. The number of benzene rings is 1. The first kappa shape index (κ1) is 17.1. The largest absolute Gasteiger partial charge is 0.459 e. The Morgan fingerprint density at radius 1 is 1.22 bits per heavy atom. The van der Waals surface area contributed by atoms with Crippen LogP contribution in [0.2, 0.25) is 0 Å². The molecule has 27 heavy (non-hydrogen) atoms. The Morgan fingerprint density at radius 2 is 2.15 bits per heavy atom. The molecular weight excluding hydrogens is 344 g/mol. The molecule has 2 aromatic heterocycles. The van der Waals surface area contributed by atoms with Crippen LogP contribution in [0.5, 0.6) is 0 Å². The van der Waals surface area contributed by atoms with Gasteiger partial charge < -0.3 is 14.6 Å². The van der Waals surface area contributed by atoms with E-state index in [0.29, 0.717) is 24.4 Å². The Labute approximate surface area is 156 Å². The van der Waals surface area contributed by atoms with Gasteiger partial charge in [0.05, 0.1) is 12.5 Å². The minimum absolute atomic E-state index is 0.0808. The zero-order valence-electron chi connectivity index (χ0n) is 14.7. The minimum atomic E-state index is -0.141. The lowest BCUT2D eigenvalue weighted by molar-refractivity contribution is 0.0647. The molecule has 1 aromatic carbocycles. The van der Waals surface area contributed by atoms with Gasteiger partial charge in [-0.15, -0.1) is 0 Å². The van der Waals surface area contributed by atoms with Gasteiger partial charge in [0.15, 0.2) is 5.76 Å². The molecule has 3 heterocycles. The van der Waals surface area contributed by atoms with Crippen LogP contribution < -0.4 is 5.32 Å². The molecule has 1 saturated heterocycles. The number of carbonyl (C=O) groups excluding carboxylic acids is 2. The van der Waals surface area contributed by atoms with E-state index in [0.717, 1.165) is 24.0 Å². The summed E-state index contributed by atoms with van der Waals surface area (Å²) < 4.78 is 5.20. The highest BCUT2D eigenvalue weighted by atomic mass is 16.3. The Hall–Kier alpha value is -3.35. The van der Waals surface area contributed by atoms with Crippen LogP contribution in [0.15, 0.2) is 59.5 Å². The zero-order valence-corrected chi connectivity index (χ0v) is 14.7. The number of H-pyrrole nitrogens is 1. The highest BCUT2D eigenvalue weighted by Crippen LogP contribution is 2.19. The van der Waals surface area contributed by atoms with Crippen LogP contribution in [0, 0.1) is 0 Å². The summed E-state index contributed by atoms with van der Waals surface area (Å²) in [5, 5.41) is 9.77. The van der Waals surface area contributed by atoms with E-state index in [9.17, 15) is 9.59 Å². The number of aromatic nitrogens is 2. The summed E-state index contributed by atoms with van der Waals surface area (Å²) in [7, 11) is 0. The average Bonchev–Trinajstić information content (AvgIpc) is 3.42. The lowest BCUT2D eigenvalue weighted by Crippen LogP contribution is -2.49. The standard InChI is InChI=1S/C20H20N4O3/c25-19(15-5-1-4-14(10-15)16-11-21-22-12-16)23-17-6-2-8-24(13-17)20(26)18-7-3-9-27-18/h1,3-5,7,9-12,17H,2,6,8,13H2,(H,21,22)(H,23,25). The number of piperidine rings is 1. The second-order valence-corrected chi connectivity index (χ2v) is 6.61. The molecule has 0 radical (unpaired) electrons. The monoisotopic (exact) mass is 364 g/mol. The highest BCUT2D eigenvalue weighted by molar-refractivity contribution is 5.96. The molecule has 0 saturated carbocycles. The SMILES string of the molecule is O=C(NC1CCCN(C(=O)c2ccco2)C1)c1cccc(-c2cn[nH]c2)c1. The molecule has 2 amide bonds. The lowest BCUT2D eigenvalue weighted by Gasteiger charge is -2.32. The second kappa shape index (κ2) is 7.49. The van der Waals surface area contributed by atoms with Crippen LogP contribution in [0.3, 0.4) is 0 Å². The van der Waals surface area contributed by atoms with Crippen LogP contribution in [0.25, 0.3) is 11.1 Å². The summed E-state index contributed by atoms with van der Waals surface area (Å²) in [4.78, 5) is 26.9. The van der Waals surface area contributed by atoms with Crippen molar-refractivity contribution in [2.24, 2.45) is 0 Å². The first-order chi connectivity index (χ1) is 13.2. The molecule has 0 spiro atoms. The van der Waals surface area contributed by atoms with Crippen molar-refractivity contribution >= 4 is 11.8 Å². The number of hydrogen-bond acceptors (Lipinski definition) is 4. The molecule has 0 aliphatic carbocycles. The minimum Gasteiger partial charge on any atom is -0.459 e. The Kier molecular flexibility index (Phi) is 4.74. The number of nitrogens with one attached hydrogen (secondary N) is 2. The Morgan fingerprint density at radius 3 is 2.93 bits per heavy atom. The van der Waals surface area contributed by atoms with Crippen LogP contribution >= 0.6 is 0 Å². The van der Waals surface area contributed by atoms with Crippen molar-refractivity contribution in [3.05, 3.63) is 66.4 Å². The fourth-order valence-electron chi connectivity index (χ4n) is 3.35. The van der Waals surface area contributed by atoms with E-state index < -0.39 is 0 Å². The summed E-state index contributed by atoms with van der Waals surface area (Å²) in [5.41, 5.74) is 2.44. The van der Waals surface area contributed by atoms with E-state index in [1.807, 2.05) is 18.2 Å². The van der Waals surface area contributed by atoms with Crippen LogP contribution in [0.4, 0.5) is 0 Å². The lowest BCUT2D eigenvalue weighted by atomic mass is 10.0. The van der Waals surface area contributed by atoms with Crippen molar-refractivity contribution in [1.82, 2.24) is 20.4 Å². The van der Waals surface area contributed by atoms with Crippen molar-refractivity contribution in [1.29, 1.82) is 0 Å². The summed E-state index contributed by atoms with van der Waals surface area (Å²) >= 11 is 0. The van der Waals surface area contributed by atoms with Gasteiger partial charge in [-0.05, 0) is 42.7 Å². The maximum absolute atomic E-state index is 12.7.